The second-order valence-electron chi connectivity index (χ2n) is 5.74. The molecule has 0 saturated heterocycles. The fourth-order valence-corrected chi connectivity index (χ4v) is 2.12. The Bertz CT molecular complexity index is 730. The number of hydrogen-bond acceptors (Lipinski definition) is 5. The first-order valence-corrected chi connectivity index (χ1v) is 6.95. The van der Waals surface area contributed by atoms with Gasteiger partial charge in [-0.05, 0) is 26.0 Å². The van der Waals surface area contributed by atoms with Crippen molar-refractivity contribution in [2.45, 2.75) is 25.6 Å². The minimum atomic E-state index is -1.27. The van der Waals surface area contributed by atoms with Gasteiger partial charge in [-0.15, -0.1) is 0 Å². The first kappa shape index (κ1) is 16.3. The number of aliphatic hydroxyl groups is 2. The standard InChI is InChI=1S/C16H21NO5/c1-16(2,20)13(18)9-22-11-7-5-6-10-12(21-4)8-14(19)17(3)15(10)11/h5-8,13,18,20H,9H2,1-4H3/t13-/m1/s1. The lowest BCUT2D eigenvalue weighted by Gasteiger charge is -2.24. The summed E-state index contributed by atoms with van der Waals surface area (Å²) in [7, 11) is 3.14. The van der Waals surface area contributed by atoms with E-state index in [9.17, 15) is 15.0 Å². The van der Waals surface area contributed by atoms with Crippen molar-refractivity contribution in [3.63, 3.8) is 0 Å². The van der Waals surface area contributed by atoms with Crippen LogP contribution in [0.5, 0.6) is 11.5 Å². The predicted octanol–water partition coefficient (Wildman–Crippen LogP) is 1.06. The summed E-state index contributed by atoms with van der Waals surface area (Å²) in [6.45, 7) is 2.92. The number of benzene rings is 1. The van der Waals surface area contributed by atoms with E-state index in [0.29, 0.717) is 17.0 Å². The van der Waals surface area contributed by atoms with Crippen molar-refractivity contribution in [2.24, 2.45) is 7.05 Å². The van der Waals surface area contributed by atoms with Crippen molar-refractivity contribution in [2.75, 3.05) is 13.7 Å². The molecule has 0 spiro atoms. The minimum Gasteiger partial charge on any atom is -0.496 e. The van der Waals surface area contributed by atoms with Crippen molar-refractivity contribution >= 4 is 10.9 Å². The number of ether oxygens (including phenoxy) is 2. The van der Waals surface area contributed by atoms with Crippen molar-refractivity contribution in [1.29, 1.82) is 0 Å². The summed E-state index contributed by atoms with van der Waals surface area (Å²) >= 11 is 0. The maximum Gasteiger partial charge on any atom is 0.254 e. The molecule has 0 aliphatic rings. The molecule has 2 N–H and O–H groups in total. The van der Waals surface area contributed by atoms with Crippen LogP contribution in [0.4, 0.5) is 0 Å². The van der Waals surface area contributed by atoms with Crippen LogP contribution >= 0.6 is 0 Å². The van der Waals surface area contributed by atoms with Gasteiger partial charge in [0.1, 0.15) is 24.2 Å². The van der Waals surface area contributed by atoms with Gasteiger partial charge in [0, 0.05) is 18.5 Å². The molecular weight excluding hydrogens is 286 g/mol. The number of methoxy groups -OCH3 is 1. The molecule has 22 heavy (non-hydrogen) atoms. The molecule has 0 saturated carbocycles. The summed E-state index contributed by atoms with van der Waals surface area (Å²) in [5.41, 5.74) is -0.910. The molecule has 120 valence electrons. The number of aliphatic hydroxyl groups excluding tert-OH is 1. The molecule has 1 aromatic carbocycles. The van der Waals surface area contributed by atoms with Gasteiger partial charge in [-0.2, -0.15) is 0 Å². The summed E-state index contributed by atoms with van der Waals surface area (Å²) < 4.78 is 12.3. The summed E-state index contributed by atoms with van der Waals surface area (Å²) in [5, 5.41) is 20.4. The zero-order chi connectivity index (χ0) is 16.5. The second kappa shape index (κ2) is 5.98. The highest BCUT2D eigenvalue weighted by atomic mass is 16.5. The van der Waals surface area contributed by atoms with Gasteiger partial charge in [0.15, 0.2) is 0 Å². The summed E-state index contributed by atoms with van der Waals surface area (Å²) in [6.07, 6.45) is -1.05. The Hall–Kier alpha value is -2.05. The lowest BCUT2D eigenvalue weighted by atomic mass is 10.0. The Kier molecular flexibility index (Phi) is 4.44. The highest BCUT2D eigenvalue weighted by molar-refractivity contribution is 5.90. The third-order valence-corrected chi connectivity index (χ3v) is 3.62. The molecular formula is C16H21NO5. The van der Waals surface area contributed by atoms with Crippen molar-refractivity contribution < 1.29 is 19.7 Å². The quantitative estimate of drug-likeness (QED) is 0.863. The molecule has 1 atom stereocenters. The monoisotopic (exact) mass is 307 g/mol. The van der Waals surface area contributed by atoms with E-state index in [-0.39, 0.29) is 12.2 Å². The van der Waals surface area contributed by atoms with E-state index in [2.05, 4.69) is 0 Å². The fraction of sp³-hybridized carbons (Fsp3) is 0.438. The van der Waals surface area contributed by atoms with Gasteiger partial charge in [0.2, 0.25) is 0 Å². The normalized spacial score (nSPS) is 13.2. The smallest absolute Gasteiger partial charge is 0.254 e. The SMILES string of the molecule is COc1cc(=O)n(C)c2c(OC[C@@H](O)C(C)(C)O)cccc12. The van der Waals surface area contributed by atoms with Crippen LogP contribution in [0.25, 0.3) is 10.9 Å². The van der Waals surface area contributed by atoms with E-state index in [1.54, 1.807) is 19.2 Å². The predicted molar refractivity (Wildman–Crippen MR) is 83.5 cm³/mol. The van der Waals surface area contributed by atoms with Gasteiger partial charge in [-0.25, -0.2) is 0 Å². The Morgan fingerprint density at radius 2 is 2.00 bits per heavy atom. The average molecular weight is 307 g/mol. The summed E-state index contributed by atoms with van der Waals surface area (Å²) in [6, 6.07) is 6.73. The second-order valence-corrected chi connectivity index (χ2v) is 5.74. The largest absolute Gasteiger partial charge is 0.496 e. The molecule has 1 heterocycles. The number of hydrogen-bond donors (Lipinski definition) is 2. The fourth-order valence-electron chi connectivity index (χ4n) is 2.12. The highest BCUT2D eigenvalue weighted by Crippen LogP contribution is 2.30. The van der Waals surface area contributed by atoms with E-state index in [4.69, 9.17) is 9.47 Å². The molecule has 6 heteroatoms. The molecule has 2 rings (SSSR count). The first-order chi connectivity index (χ1) is 10.3. The number of nitrogens with zero attached hydrogens (tertiary/aromatic N) is 1. The van der Waals surface area contributed by atoms with Gasteiger partial charge in [0.05, 0.1) is 18.2 Å². The first-order valence-electron chi connectivity index (χ1n) is 6.95. The zero-order valence-electron chi connectivity index (χ0n) is 13.2. The third kappa shape index (κ3) is 3.08. The van der Waals surface area contributed by atoms with Crippen LogP contribution in [0.1, 0.15) is 13.8 Å². The van der Waals surface area contributed by atoms with Crippen molar-refractivity contribution in [1.82, 2.24) is 4.57 Å². The molecule has 2 aromatic rings. The van der Waals surface area contributed by atoms with Gasteiger partial charge in [0.25, 0.3) is 5.56 Å². The van der Waals surface area contributed by atoms with Crippen LogP contribution in [-0.2, 0) is 7.05 Å². The molecule has 0 aliphatic carbocycles. The van der Waals surface area contributed by atoms with Crippen molar-refractivity contribution in [3.8, 4) is 11.5 Å². The lowest BCUT2D eigenvalue weighted by Crippen LogP contribution is -2.40. The maximum atomic E-state index is 12.0. The van der Waals surface area contributed by atoms with Gasteiger partial charge in [-0.1, -0.05) is 6.07 Å². The lowest BCUT2D eigenvalue weighted by molar-refractivity contribution is -0.0660. The summed E-state index contributed by atoms with van der Waals surface area (Å²) in [5.74, 6) is 0.908. The third-order valence-electron chi connectivity index (χ3n) is 3.62. The van der Waals surface area contributed by atoms with E-state index < -0.39 is 11.7 Å². The Balaban J connectivity index is 2.47. The number of rotatable bonds is 5. The van der Waals surface area contributed by atoms with Crippen LogP contribution < -0.4 is 15.0 Å². The van der Waals surface area contributed by atoms with Gasteiger partial charge >= 0.3 is 0 Å². The van der Waals surface area contributed by atoms with Crippen LogP contribution in [0.15, 0.2) is 29.1 Å². The van der Waals surface area contributed by atoms with E-state index >= 15 is 0 Å². The highest BCUT2D eigenvalue weighted by Gasteiger charge is 2.25. The molecule has 0 unspecified atom stereocenters. The number of para-hydroxylation sites is 1. The number of fused-ring (bicyclic) bond motifs is 1. The molecule has 0 fully saturated rings. The van der Waals surface area contributed by atoms with Crippen LogP contribution in [0.2, 0.25) is 0 Å². The minimum absolute atomic E-state index is 0.0893. The Morgan fingerprint density at radius 1 is 1.32 bits per heavy atom. The van der Waals surface area contributed by atoms with E-state index in [0.717, 1.165) is 5.39 Å². The zero-order valence-corrected chi connectivity index (χ0v) is 13.2. The van der Waals surface area contributed by atoms with Crippen LogP contribution in [-0.4, -0.2) is 40.2 Å². The topological polar surface area (TPSA) is 80.9 Å². The number of aryl methyl sites for hydroxylation is 1. The molecule has 6 nitrogen and oxygen atoms in total. The maximum absolute atomic E-state index is 12.0. The number of aromatic nitrogens is 1. The molecule has 0 amide bonds. The van der Waals surface area contributed by atoms with E-state index in [1.165, 1.54) is 31.6 Å². The Morgan fingerprint density at radius 3 is 2.59 bits per heavy atom. The van der Waals surface area contributed by atoms with Crippen LogP contribution in [0, 0.1) is 0 Å². The molecule has 0 bridgehead atoms. The average Bonchev–Trinajstić information content (AvgIpc) is 2.47. The number of pyridine rings is 1. The van der Waals surface area contributed by atoms with Crippen molar-refractivity contribution in [3.05, 3.63) is 34.6 Å². The Labute approximate surface area is 128 Å². The molecule has 1 aromatic heterocycles. The van der Waals surface area contributed by atoms with Gasteiger partial charge < -0.3 is 24.3 Å². The summed E-state index contributed by atoms with van der Waals surface area (Å²) in [4.78, 5) is 12.0. The molecule has 0 aliphatic heterocycles. The molecule has 0 radical (unpaired) electrons. The van der Waals surface area contributed by atoms with E-state index in [1.807, 2.05) is 6.07 Å². The van der Waals surface area contributed by atoms with Crippen LogP contribution in [0.3, 0.4) is 0 Å². The van der Waals surface area contributed by atoms with Gasteiger partial charge in [-0.3, -0.25) is 4.79 Å².